The maximum Gasteiger partial charge on any atom is 0.136 e. The van der Waals surface area contributed by atoms with Gasteiger partial charge in [0.05, 0.1) is 5.60 Å². The SMILES string of the molecule is COC(C)(C)CN1C2CCC1CC(=O)C2. The molecule has 2 heterocycles. The van der Waals surface area contributed by atoms with Gasteiger partial charge in [0.25, 0.3) is 0 Å². The van der Waals surface area contributed by atoms with Gasteiger partial charge in [-0.15, -0.1) is 0 Å². The van der Waals surface area contributed by atoms with Gasteiger partial charge in [0.2, 0.25) is 0 Å². The Balaban J connectivity index is 2.02. The summed E-state index contributed by atoms with van der Waals surface area (Å²) in [5, 5.41) is 0. The summed E-state index contributed by atoms with van der Waals surface area (Å²) in [7, 11) is 1.76. The molecule has 3 nitrogen and oxygen atoms in total. The van der Waals surface area contributed by atoms with E-state index < -0.39 is 0 Å². The average Bonchev–Trinajstić information content (AvgIpc) is 2.42. The summed E-state index contributed by atoms with van der Waals surface area (Å²) in [6.07, 6.45) is 3.90. The predicted octanol–water partition coefficient (Wildman–Crippen LogP) is 1.61. The van der Waals surface area contributed by atoms with Crippen molar-refractivity contribution in [2.24, 2.45) is 0 Å². The monoisotopic (exact) mass is 211 g/mol. The Bertz CT molecular complexity index is 246. The van der Waals surface area contributed by atoms with Crippen molar-refractivity contribution in [1.29, 1.82) is 0 Å². The average molecular weight is 211 g/mol. The maximum atomic E-state index is 11.4. The van der Waals surface area contributed by atoms with Crippen LogP contribution >= 0.6 is 0 Å². The Kier molecular flexibility index (Phi) is 2.86. The number of ketones is 1. The van der Waals surface area contributed by atoms with Crippen LogP contribution in [0.2, 0.25) is 0 Å². The van der Waals surface area contributed by atoms with Crippen LogP contribution in [0.1, 0.15) is 39.5 Å². The Labute approximate surface area is 91.8 Å². The molecule has 0 saturated carbocycles. The molecule has 2 aliphatic rings. The van der Waals surface area contributed by atoms with E-state index in [1.54, 1.807) is 7.11 Å². The molecule has 86 valence electrons. The van der Waals surface area contributed by atoms with Crippen molar-refractivity contribution < 1.29 is 9.53 Å². The van der Waals surface area contributed by atoms with Crippen LogP contribution in [0.15, 0.2) is 0 Å². The highest BCUT2D eigenvalue weighted by Crippen LogP contribution is 2.35. The Morgan fingerprint density at radius 2 is 1.87 bits per heavy atom. The zero-order valence-electron chi connectivity index (χ0n) is 9.95. The molecule has 0 amide bonds. The number of ether oxygens (including phenoxy) is 1. The van der Waals surface area contributed by atoms with Gasteiger partial charge in [-0.05, 0) is 26.7 Å². The van der Waals surface area contributed by atoms with Gasteiger partial charge in [-0.2, -0.15) is 0 Å². The molecule has 0 spiro atoms. The number of methoxy groups -OCH3 is 1. The largest absolute Gasteiger partial charge is 0.377 e. The van der Waals surface area contributed by atoms with Crippen molar-refractivity contribution in [1.82, 2.24) is 4.90 Å². The van der Waals surface area contributed by atoms with Gasteiger partial charge in [0, 0.05) is 38.6 Å². The highest BCUT2D eigenvalue weighted by Gasteiger charge is 2.41. The molecule has 2 atom stereocenters. The standard InChI is InChI=1S/C12H21NO2/c1-12(2,15-3)8-13-9-4-5-10(13)7-11(14)6-9/h9-10H,4-8H2,1-3H3. The van der Waals surface area contributed by atoms with E-state index in [4.69, 9.17) is 4.74 Å². The smallest absolute Gasteiger partial charge is 0.136 e. The lowest BCUT2D eigenvalue weighted by atomic mass is 9.98. The predicted molar refractivity (Wildman–Crippen MR) is 58.8 cm³/mol. The molecule has 0 aromatic rings. The van der Waals surface area contributed by atoms with Crippen molar-refractivity contribution in [3.05, 3.63) is 0 Å². The lowest BCUT2D eigenvalue weighted by Crippen LogP contribution is -2.49. The molecule has 0 radical (unpaired) electrons. The number of Topliss-reactive ketones (excluding diaryl/α,β-unsaturated/α-hetero) is 1. The second kappa shape index (κ2) is 3.87. The molecule has 2 bridgehead atoms. The molecule has 0 N–H and O–H groups in total. The van der Waals surface area contributed by atoms with Crippen molar-refractivity contribution >= 4 is 5.78 Å². The van der Waals surface area contributed by atoms with Crippen LogP contribution < -0.4 is 0 Å². The van der Waals surface area contributed by atoms with Crippen LogP contribution in [0.4, 0.5) is 0 Å². The number of piperidine rings is 1. The van der Waals surface area contributed by atoms with E-state index in [0.717, 1.165) is 19.4 Å². The van der Waals surface area contributed by atoms with Gasteiger partial charge in [0.1, 0.15) is 5.78 Å². The first-order valence-electron chi connectivity index (χ1n) is 5.84. The van der Waals surface area contributed by atoms with Crippen LogP contribution in [0.3, 0.4) is 0 Å². The number of rotatable bonds is 3. The molecule has 0 aromatic heterocycles. The second-order valence-electron chi connectivity index (χ2n) is 5.47. The fraction of sp³-hybridized carbons (Fsp3) is 0.917. The van der Waals surface area contributed by atoms with Crippen LogP contribution in [0.25, 0.3) is 0 Å². The number of nitrogens with zero attached hydrogens (tertiary/aromatic N) is 1. The third-order valence-corrected chi connectivity index (χ3v) is 3.81. The Morgan fingerprint density at radius 1 is 1.33 bits per heavy atom. The second-order valence-corrected chi connectivity index (χ2v) is 5.47. The van der Waals surface area contributed by atoms with Gasteiger partial charge in [0.15, 0.2) is 0 Å². The summed E-state index contributed by atoms with van der Waals surface area (Å²) < 4.78 is 5.47. The van der Waals surface area contributed by atoms with Crippen molar-refractivity contribution in [2.45, 2.75) is 57.2 Å². The zero-order chi connectivity index (χ0) is 11.1. The fourth-order valence-electron chi connectivity index (χ4n) is 2.82. The number of hydrogen-bond acceptors (Lipinski definition) is 3. The quantitative estimate of drug-likeness (QED) is 0.710. The summed E-state index contributed by atoms with van der Waals surface area (Å²) in [6.45, 7) is 5.18. The van der Waals surface area contributed by atoms with Gasteiger partial charge < -0.3 is 4.74 Å². The van der Waals surface area contributed by atoms with Gasteiger partial charge in [-0.25, -0.2) is 0 Å². The number of carbonyl (C=O) groups is 1. The van der Waals surface area contributed by atoms with Crippen LogP contribution in [-0.4, -0.2) is 42.0 Å². The first-order chi connectivity index (χ1) is 7.02. The molecule has 2 aliphatic heterocycles. The summed E-state index contributed by atoms with van der Waals surface area (Å²) >= 11 is 0. The fourth-order valence-corrected chi connectivity index (χ4v) is 2.82. The first-order valence-corrected chi connectivity index (χ1v) is 5.84. The minimum Gasteiger partial charge on any atom is -0.377 e. The number of hydrogen-bond donors (Lipinski definition) is 0. The van der Waals surface area contributed by atoms with E-state index in [-0.39, 0.29) is 5.60 Å². The van der Waals surface area contributed by atoms with E-state index in [0.29, 0.717) is 17.9 Å². The first kappa shape index (κ1) is 11.1. The molecular formula is C12H21NO2. The zero-order valence-corrected chi connectivity index (χ0v) is 9.95. The summed E-state index contributed by atoms with van der Waals surface area (Å²) in [6, 6.07) is 0.983. The highest BCUT2D eigenvalue weighted by molar-refractivity contribution is 5.80. The lowest BCUT2D eigenvalue weighted by Gasteiger charge is -2.39. The van der Waals surface area contributed by atoms with E-state index in [1.807, 2.05) is 0 Å². The molecule has 0 aliphatic carbocycles. The maximum absolute atomic E-state index is 11.4. The Hall–Kier alpha value is -0.410. The normalized spacial score (nSPS) is 32.3. The van der Waals surface area contributed by atoms with Crippen molar-refractivity contribution in [3.63, 3.8) is 0 Å². The summed E-state index contributed by atoms with van der Waals surface area (Å²) in [5.41, 5.74) is -0.0960. The molecule has 3 heteroatoms. The van der Waals surface area contributed by atoms with Crippen LogP contribution in [-0.2, 0) is 9.53 Å². The van der Waals surface area contributed by atoms with E-state index in [1.165, 1.54) is 12.8 Å². The molecule has 15 heavy (non-hydrogen) atoms. The molecule has 2 rings (SSSR count). The van der Waals surface area contributed by atoms with Crippen molar-refractivity contribution in [2.75, 3.05) is 13.7 Å². The third kappa shape index (κ3) is 2.23. The summed E-state index contributed by atoms with van der Waals surface area (Å²) in [4.78, 5) is 13.9. The van der Waals surface area contributed by atoms with E-state index in [9.17, 15) is 4.79 Å². The lowest BCUT2D eigenvalue weighted by molar-refractivity contribution is -0.125. The Morgan fingerprint density at radius 3 is 2.33 bits per heavy atom. The van der Waals surface area contributed by atoms with Crippen molar-refractivity contribution in [3.8, 4) is 0 Å². The molecule has 2 unspecified atom stereocenters. The molecular weight excluding hydrogens is 190 g/mol. The van der Waals surface area contributed by atoms with Crippen LogP contribution in [0, 0.1) is 0 Å². The minimum absolute atomic E-state index is 0.0960. The third-order valence-electron chi connectivity index (χ3n) is 3.81. The molecule has 2 saturated heterocycles. The molecule has 0 aromatic carbocycles. The van der Waals surface area contributed by atoms with E-state index >= 15 is 0 Å². The van der Waals surface area contributed by atoms with Crippen LogP contribution in [0.5, 0.6) is 0 Å². The number of carbonyl (C=O) groups excluding carboxylic acids is 1. The van der Waals surface area contributed by atoms with Gasteiger partial charge in [-0.3, -0.25) is 9.69 Å². The van der Waals surface area contributed by atoms with E-state index in [2.05, 4.69) is 18.7 Å². The number of fused-ring (bicyclic) bond motifs is 2. The van der Waals surface area contributed by atoms with Gasteiger partial charge >= 0.3 is 0 Å². The molecule has 2 fully saturated rings. The highest BCUT2D eigenvalue weighted by atomic mass is 16.5. The topological polar surface area (TPSA) is 29.5 Å². The van der Waals surface area contributed by atoms with Gasteiger partial charge in [-0.1, -0.05) is 0 Å². The minimum atomic E-state index is -0.0960. The summed E-state index contributed by atoms with van der Waals surface area (Å²) in [5.74, 6) is 0.453.